The van der Waals surface area contributed by atoms with Crippen LogP contribution in [0.25, 0.3) is 0 Å². The fraction of sp³-hybridized carbons (Fsp3) is 0.625. The molecule has 0 radical (unpaired) electrons. The molecule has 0 saturated heterocycles. The molecule has 3 heteroatoms. The zero-order chi connectivity index (χ0) is 14.4. The Kier molecular flexibility index (Phi) is 6.32. The molecular weight excluding hydrogens is 238 g/mol. The molecule has 19 heavy (non-hydrogen) atoms. The highest BCUT2D eigenvalue weighted by Gasteiger charge is 2.16. The van der Waals surface area contributed by atoms with E-state index in [4.69, 9.17) is 10.5 Å². The van der Waals surface area contributed by atoms with Crippen LogP contribution < -0.4 is 10.5 Å². The van der Waals surface area contributed by atoms with Gasteiger partial charge in [0.1, 0.15) is 5.75 Å². The summed E-state index contributed by atoms with van der Waals surface area (Å²) in [6, 6.07) is 4.32. The number of hydrogen-bond donors (Lipinski definition) is 2. The summed E-state index contributed by atoms with van der Waals surface area (Å²) in [5.41, 5.74) is 9.40. The van der Waals surface area contributed by atoms with Crippen LogP contribution in [0, 0.1) is 19.8 Å². The normalized spacial score (nSPS) is 14.2. The van der Waals surface area contributed by atoms with Gasteiger partial charge in [0.2, 0.25) is 0 Å². The SMILES string of the molecule is CCOc1cc(C)c(C(C)CC(CN)CO)cc1C. The number of benzene rings is 1. The van der Waals surface area contributed by atoms with Crippen molar-refractivity contribution in [2.24, 2.45) is 11.7 Å². The number of aliphatic hydroxyl groups is 1. The smallest absolute Gasteiger partial charge is 0.122 e. The molecule has 1 aromatic carbocycles. The van der Waals surface area contributed by atoms with Crippen LogP contribution in [-0.4, -0.2) is 24.9 Å². The van der Waals surface area contributed by atoms with Gasteiger partial charge in [0, 0.05) is 6.61 Å². The lowest BCUT2D eigenvalue weighted by molar-refractivity contribution is 0.217. The maximum absolute atomic E-state index is 9.26. The summed E-state index contributed by atoms with van der Waals surface area (Å²) < 4.78 is 5.62. The van der Waals surface area contributed by atoms with E-state index in [-0.39, 0.29) is 12.5 Å². The van der Waals surface area contributed by atoms with Crippen LogP contribution in [0.1, 0.15) is 42.9 Å². The predicted molar refractivity (Wildman–Crippen MR) is 79.7 cm³/mol. The van der Waals surface area contributed by atoms with Gasteiger partial charge in [-0.3, -0.25) is 0 Å². The molecule has 0 spiro atoms. The lowest BCUT2D eigenvalue weighted by atomic mass is 9.87. The van der Waals surface area contributed by atoms with Crippen molar-refractivity contribution in [2.75, 3.05) is 19.8 Å². The van der Waals surface area contributed by atoms with Crippen molar-refractivity contribution in [3.63, 3.8) is 0 Å². The van der Waals surface area contributed by atoms with Gasteiger partial charge in [-0.1, -0.05) is 13.0 Å². The minimum absolute atomic E-state index is 0.163. The highest BCUT2D eigenvalue weighted by molar-refractivity contribution is 5.43. The summed E-state index contributed by atoms with van der Waals surface area (Å²) in [6.45, 7) is 9.77. The number of hydrogen-bond acceptors (Lipinski definition) is 3. The first kappa shape index (κ1) is 16.0. The van der Waals surface area contributed by atoms with E-state index in [1.165, 1.54) is 16.7 Å². The highest BCUT2D eigenvalue weighted by Crippen LogP contribution is 2.31. The lowest BCUT2D eigenvalue weighted by Crippen LogP contribution is -2.20. The summed E-state index contributed by atoms with van der Waals surface area (Å²) in [7, 11) is 0. The molecule has 108 valence electrons. The second-order valence-electron chi connectivity index (χ2n) is 5.33. The third-order valence-electron chi connectivity index (χ3n) is 3.67. The molecule has 0 bridgehead atoms. The number of ether oxygens (including phenoxy) is 1. The Morgan fingerprint density at radius 1 is 1.26 bits per heavy atom. The summed E-state index contributed by atoms with van der Waals surface area (Å²) in [5.74, 6) is 1.55. The van der Waals surface area contributed by atoms with Crippen molar-refractivity contribution < 1.29 is 9.84 Å². The molecule has 1 rings (SSSR count). The van der Waals surface area contributed by atoms with E-state index in [2.05, 4.69) is 32.9 Å². The first-order valence-corrected chi connectivity index (χ1v) is 7.08. The van der Waals surface area contributed by atoms with E-state index in [1.807, 2.05) is 6.92 Å². The molecule has 0 aliphatic rings. The van der Waals surface area contributed by atoms with Crippen molar-refractivity contribution >= 4 is 0 Å². The molecule has 0 fully saturated rings. The average Bonchev–Trinajstić information content (AvgIpc) is 2.39. The van der Waals surface area contributed by atoms with E-state index in [1.54, 1.807) is 0 Å². The van der Waals surface area contributed by atoms with Gasteiger partial charge in [-0.05, 0) is 68.3 Å². The number of rotatable bonds is 7. The van der Waals surface area contributed by atoms with Crippen molar-refractivity contribution in [1.29, 1.82) is 0 Å². The van der Waals surface area contributed by atoms with Crippen molar-refractivity contribution in [3.8, 4) is 5.75 Å². The minimum atomic E-state index is 0.163. The van der Waals surface area contributed by atoms with Gasteiger partial charge in [-0.25, -0.2) is 0 Å². The Labute approximate surface area is 116 Å². The van der Waals surface area contributed by atoms with Gasteiger partial charge >= 0.3 is 0 Å². The molecule has 3 N–H and O–H groups in total. The Bertz CT molecular complexity index is 400. The van der Waals surface area contributed by atoms with Gasteiger partial charge in [-0.2, -0.15) is 0 Å². The van der Waals surface area contributed by atoms with Crippen LogP contribution in [0.3, 0.4) is 0 Å². The van der Waals surface area contributed by atoms with Crippen molar-refractivity contribution in [2.45, 2.75) is 40.0 Å². The molecule has 2 atom stereocenters. The molecule has 3 nitrogen and oxygen atoms in total. The zero-order valence-corrected chi connectivity index (χ0v) is 12.6. The molecule has 0 heterocycles. The first-order chi connectivity index (χ1) is 9.03. The molecule has 0 aliphatic carbocycles. The molecule has 1 aromatic rings. The number of aliphatic hydroxyl groups excluding tert-OH is 1. The van der Waals surface area contributed by atoms with E-state index < -0.39 is 0 Å². The van der Waals surface area contributed by atoms with Crippen LogP contribution in [0.5, 0.6) is 5.75 Å². The van der Waals surface area contributed by atoms with E-state index >= 15 is 0 Å². The summed E-state index contributed by atoms with van der Waals surface area (Å²) in [6.07, 6.45) is 0.918. The van der Waals surface area contributed by atoms with E-state index in [0.717, 1.165) is 12.2 Å². The van der Waals surface area contributed by atoms with Crippen LogP contribution in [-0.2, 0) is 0 Å². The molecule has 0 aliphatic heterocycles. The van der Waals surface area contributed by atoms with Crippen LogP contribution in [0.15, 0.2) is 12.1 Å². The zero-order valence-electron chi connectivity index (χ0n) is 12.6. The monoisotopic (exact) mass is 265 g/mol. The Morgan fingerprint density at radius 2 is 1.95 bits per heavy atom. The van der Waals surface area contributed by atoms with Crippen LogP contribution in [0.2, 0.25) is 0 Å². The van der Waals surface area contributed by atoms with Crippen LogP contribution >= 0.6 is 0 Å². The second kappa shape index (κ2) is 7.51. The fourth-order valence-electron chi connectivity index (χ4n) is 2.53. The summed E-state index contributed by atoms with van der Waals surface area (Å²) in [4.78, 5) is 0. The fourth-order valence-corrected chi connectivity index (χ4v) is 2.53. The second-order valence-corrected chi connectivity index (χ2v) is 5.33. The highest BCUT2D eigenvalue weighted by atomic mass is 16.5. The van der Waals surface area contributed by atoms with Gasteiger partial charge in [0.15, 0.2) is 0 Å². The molecular formula is C16H27NO2. The lowest BCUT2D eigenvalue weighted by Gasteiger charge is -2.21. The van der Waals surface area contributed by atoms with Crippen LogP contribution in [0.4, 0.5) is 0 Å². The Hall–Kier alpha value is -1.06. The van der Waals surface area contributed by atoms with Gasteiger partial charge in [0.25, 0.3) is 0 Å². The molecule has 2 unspecified atom stereocenters. The van der Waals surface area contributed by atoms with Gasteiger partial charge in [-0.15, -0.1) is 0 Å². The maximum atomic E-state index is 9.26. The average molecular weight is 265 g/mol. The number of nitrogens with two attached hydrogens (primary N) is 1. The van der Waals surface area contributed by atoms with E-state index in [9.17, 15) is 5.11 Å². The predicted octanol–water partition coefficient (Wildman–Crippen LogP) is 2.76. The molecule has 0 aromatic heterocycles. The Balaban J connectivity index is 2.91. The standard InChI is InChI=1S/C16H27NO2/c1-5-19-16-8-12(3)15(7-13(16)4)11(2)6-14(9-17)10-18/h7-8,11,14,18H,5-6,9-10,17H2,1-4H3. The summed E-state index contributed by atoms with van der Waals surface area (Å²) in [5, 5.41) is 9.26. The largest absolute Gasteiger partial charge is 0.494 e. The van der Waals surface area contributed by atoms with Gasteiger partial charge < -0.3 is 15.6 Å². The van der Waals surface area contributed by atoms with E-state index in [0.29, 0.717) is 19.1 Å². The van der Waals surface area contributed by atoms with Crippen molar-refractivity contribution in [1.82, 2.24) is 0 Å². The topological polar surface area (TPSA) is 55.5 Å². The number of aryl methyl sites for hydroxylation is 2. The minimum Gasteiger partial charge on any atom is -0.494 e. The summed E-state index contributed by atoms with van der Waals surface area (Å²) >= 11 is 0. The third kappa shape index (κ3) is 4.22. The molecule has 0 amide bonds. The Morgan fingerprint density at radius 3 is 2.47 bits per heavy atom. The van der Waals surface area contributed by atoms with Gasteiger partial charge in [0.05, 0.1) is 6.61 Å². The first-order valence-electron chi connectivity index (χ1n) is 7.08. The van der Waals surface area contributed by atoms with Crippen molar-refractivity contribution in [3.05, 3.63) is 28.8 Å². The third-order valence-corrected chi connectivity index (χ3v) is 3.67. The quantitative estimate of drug-likeness (QED) is 0.797. The maximum Gasteiger partial charge on any atom is 0.122 e. The molecule has 0 saturated carbocycles.